The van der Waals surface area contributed by atoms with Crippen molar-refractivity contribution in [3.05, 3.63) is 102 Å². The van der Waals surface area contributed by atoms with E-state index >= 15 is 0 Å². The molecule has 38 heavy (non-hydrogen) atoms. The van der Waals surface area contributed by atoms with Gasteiger partial charge in [-0.1, -0.05) is 60.7 Å². The maximum absolute atomic E-state index is 13.8. The van der Waals surface area contributed by atoms with Crippen molar-refractivity contribution in [2.45, 2.75) is 38.3 Å². The molecule has 200 valence electrons. The summed E-state index contributed by atoms with van der Waals surface area (Å²) in [4.78, 5) is 15.5. The van der Waals surface area contributed by atoms with Crippen LogP contribution in [0.1, 0.15) is 30.4 Å². The predicted molar refractivity (Wildman–Crippen MR) is 148 cm³/mol. The minimum atomic E-state index is -3.94. The molecule has 0 spiro atoms. The molecule has 0 aliphatic rings. The Morgan fingerprint density at radius 2 is 1.63 bits per heavy atom. The van der Waals surface area contributed by atoms with Crippen molar-refractivity contribution in [3.8, 4) is 0 Å². The fourth-order valence-electron chi connectivity index (χ4n) is 4.29. The first kappa shape index (κ1) is 27.6. The molecule has 7 nitrogen and oxygen atoms in total. The standard InChI is InChI=1S/C30H34N2O5S/c1-3-36-19-9-18-32(38(34,35)29-17-15-26-12-7-8-13-27(26)20-29)23-30(33)31(21-25-10-5-4-6-11-25)22-28-16-14-24(2)37-28/h4-8,10-17,20H,3,9,18-19,21-23H2,1-2H3. The van der Waals surface area contributed by atoms with E-state index in [9.17, 15) is 13.2 Å². The molecule has 3 aromatic carbocycles. The van der Waals surface area contributed by atoms with Gasteiger partial charge in [-0.2, -0.15) is 4.31 Å². The first-order valence-corrected chi connectivity index (χ1v) is 14.2. The van der Waals surface area contributed by atoms with E-state index < -0.39 is 10.0 Å². The smallest absolute Gasteiger partial charge is 0.243 e. The van der Waals surface area contributed by atoms with Gasteiger partial charge in [-0.15, -0.1) is 0 Å². The molecule has 0 aliphatic carbocycles. The molecule has 0 N–H and O–H groups in total. The van der Waals surface area contributed by atoms with Crippen LogP contribution in [0.25, 0.3) is 10.8 Å². The van der Waals surface area contributed by atoms with Gasteiger partial charge in [0.05, 0.1) is 18.0 Å². The largest absolute Gasteiger partial charge is 0.464 e. The molecule has 1 amide bonds. The van der Waals surface area contributed by atoms with Gasteiger partial charge in [0.1, 0.15) is 11.5 Å². The monoisotopic (exact) mass is 534 g/mol. The van der Waals surface area contributed by atoms with Gasteiger partial charge < -0.3 is 14.1 Å². The number of benzene rings is 3. The number of carbonyl (C=O) groups is 1. The van der Waals surface area contributed by atoms with Gasteiger partial charge >= 0.3 is 0 Å². The van der Waals surface area contributed by atoms with E-state index in [-0.39, 0.29) is 30.4 Å². The number of carbonyl (C=O) groups excluding carboxylic acids is 1. The molecule has 4 rings (SSSR count). The summed E-state index contributed by atoms with van der Waals surface area (Å²) in [5.74, 6) is 1.10. The van der Waals surface area contributed by atoms with E-state index in [1.165, 1.54) is 4.31 Å². The Hall–Kier alpha value is -3.46. The highest BCUT2D eigenvalue weighted by Crippen LogP contribution is 2.23. The molecular formula is C30H34N2O5S. The van der Waals surface area contributed by atoms with Crippen LogP contribution >= 0.6 is 0 Å². The lowest BCUT2D eigenvalue weighted by Gasteiger charge is -2.27. The number of amides is 1. The topological polar surface area (TPSA) is 80.1 Å². The molecular weight excluding hydrogens is 500 g/mol. The second-order valence-electron chi connectivity index (χ2n) is 9.15. The minimum Gasteiger partial charge on any atom is -0.464 e. The summed E-state index contributed by atoms with van der Waals surface area (Å²) >= 11 is 0. The van der Waals surface area contributed by atoms with Crippen molar-refractivity contribution in [1.29, 1.82) is 0 Å². The maximum atomic E-state index is 13.8. The highest BCUT2D eigenvalue weighted by atomic mass is 32.2. The molecule has 0 bridgehead atoms. The van der Waals surface area contributed by atoms with Gasteiger partial charge in [-0.25, -0.2) is 8.42 Å². The van der Waals surface area contributed by atoms with Gasteiger partial charge in [0.2, 0.25) is 15.9 Å². The van der Waals surface area contributed by atoms with Gasteiger partial charge in [0.15, 0.2) is 0 Å². The summed E-state index contributed by atoms with van der Waals surface area (Å²) in [5.41, 5.74) is 0.949. The molecule has 0 aliphatic heterocycles. The lowest BCUT2D eigenvalue weighted by atomic mass is 10.1. The van der Waals surface area contributed by atoms with Crippen LogP contribution in [0.5, 0.6) is 0 Å². The van der Waals surface area contributed by atoms with E-state index in [0.29, 0.717) is 31.9 Å². The number of ether oxygens (including phenoxy) is 1. The van der Waals surface area contributed by atoms with Crippen LogP contribution in [0.4, 0.5) is 0 Å². The SMILES string of the molecule is CCOCCCN(CC(=O)N(Cc1ccccc1)Cc1ccc(C)o1)S(=O)(=O)c1ccc2ccccc2c1. The lowest BCUT2D eigenvalue weighted by Crippen LogP contribution is -2.43. The van der Waals surface area contributed by atoms with Crippen LogP contribution in [0.15, 0.2) is 94.2 Å². The molecule has 4 aromatic rings. The highest BCUT2D eigenvalue weighted by molar-refractivity contribution is 7.89. The van der Waals surface area contributed by atoms with Crippen LogP contribution in [0.3, 0.4) is 0 Å². The Morgan fingerprint density at radius 3 is 2.34 bits per heavy atom. The van der Waals surface area contributed by atoms with E-state index in [1.807, 2.05) is 80.6 Å². The number of hydrogen-bond donors (Lipinski definition) is 0. The van der Waals surface area contributed by atoms with E-state index in [1.54, 1.807) is 23.1 Å². The summed E-state index contributed by atoms with van der Waals surface area (Å²) in [6, 6.07) is 26.0. The van der Waals surface area contributed by atoms with Gasteiger partial charge in [0, 0.05) is 26.3 Å². The lowest BCUT2D eigenvalue weighted by molar-refractivity contribution is -0.133. The van der Waals surface area contributed by atoms with Crippen LogP contribution in [-0.2, 0) is 32.6 Å². The Morgan fingerprint density at radius 1 is 0.895 bits per heavy atom. The first-order chi connectivity index (χ1) is 18.4. The Bertz CT molecular complexity index is 1450. The summed E-state index contributed by atoms with van der Waals surface area (Å²) in [6.07, 6.45) is 0.476. The molecule has 0 unspecified atom stereocenters. The zero-order valence-electron chi connectivity index (χ0n) is 21.9. The first-order valence-electron chi connectivity index (χ1n) is 12.8. The van der Waals surface area contributed by atoms with Crippen LogP contribution in [0, 0.1) is 6.92 Å². The van der Waals surface area contributed by atoms with E-state index in [2.05, 4.69) is 0 Å². The number of rotatable bonds is 13. The number of hydrogen-bond acceptors (Lipinski definition) is 5. The minimum absolute atomic E-state index is 0.164. The number of aryl methyl sites for hydroxylation is 1. The fourth-order valence-corrected chi connectivity index (χ4v) is 5.76. The zero-order valence-corrected chi connectivity index (χ0v) is 22.7. The summed E-state index contributed by atoms with van der Waals surface area (Å²) < 4.78 is 40.1. The van der Waals surface area contributed by atoms with Gasteiger partial charge in [0.25, 0.3) is 0 Å². The van der Waals surface area contributed by atoms with Gasteiger partial charge in [-0.3, -0.25) is 4.79 Å². The molecule has 1 heterocycles. The Kier molecular flexibility index (Phi) is 9.33. The van der Waals surface area contributed by atoms with Gasteiger partial charge in [-0.05, 0) is 60.9 Å². The third-order valence-corrected chi connectivity index (χ3v) is 8.12. The number of fused-ring (bicyclic) bond motifs is 1. The van der Waals surface area contributed by atoms with Crippen molar-refractivity contribution in [1.82, 2.24) is 9.21 Å². The maximum Gasteiger partial charge on any atom is 0.243 e. The van der Waals surface area contributed by atoms with Crippen molar-refractivity contribution in [2.24, 2.45) is 0 Å². The van der Waals surface area contributed by atoms with Crippen molar-refractivity contribution in [3.63, 3.8) is 0 Å². The number of sulfonamides is 1. The number of furan rings is 1. The molecule has 1 aromatic heterocycles. The van der Waals surface area contributed by atoms with Crippen molar-refractivity contribution < 1.29 is 22.4 Å². The van der Waals surface area contributed by atoms with E-state index in [4.69, 9.17) is 9.15 Å². The summed E-state index contributed by atoms with van der Waals surface area (Å²) in [5, 5.41) is 1.78. The molecule has 0 saturated heterocycles. The van der Waals surface area contributed by atoms with Crippen molar-refractivity contribution >= 4 is 26.7 Å². The average Bonchev–Trinajstić information content (AvgIpc) is 3.34. The third kappa shape index (κ3) is 7.10. The quantitative estimate of drug-likeness (QED) is 0.215. The fraction of sp³-hybridized carbons (Fsp3) is 0.300. The summed E-state index contributed by atoms with van der Waals surface area (Å²) in [7, 11) is -3.94. The zero-order chi connectivity index (χ0) is 27.0. The average molecular weight is 535 g/mol. The molecule has 0 radical (unpaired) electrons. The van der Waals surface area contributed by atoms with Crippen LogP contribution in [0.2, 0.25) is 0 Å². The molecule has 8 heteroatoms. The second kappa shape index (κ2) is 12.9. The Balaban J connectivity index is 1.61. The normalized spacial score (nSPS) is 11.8. The Labute approximate surface area is 224 Å². The molecule has 0 atom stereocenters. The third-order valence-electron chi connectivity index (χ3n) is 6.28. The second-order valence-corrected chi connectivity index (χ2v) is 11.1. The van der Waals surface area contributed by atoms with Crippen molar-refractivity contribution in [2.75, 3.05) is 26.3 Å². The molecule has 0 saturated carbocycles. The highest BCUT2D eigenvalue weighted by Gasteiger charge is 2.29. The molecule has 0 fully saturated rings. The van der Waals surface area contributed by atoms with E-state index in [0.717, 1.165) is 22.1 Å². The number of nitrogens with zero attached hydrogens (tertiary/aromatic N) is 2. The van der Waals surface area contributed by atoms with Crippen LogP contribution < -0.4 is 0 Å². The van der Waals surface area contributed by atoms with Crippen LogP contribution in [-0.4, -0.2) is 49.8 Å². The predicted octanol–water partition coefficient (Wildman–Crippen LogP) is 5.39. The summed E-state index contributed by atoms with van der Waals surface area (Å²) in [6.45, 7) is 5.16.